The van der Waals surface area contributed by atoms with Gasteiger partial charge in [-0.2, -0.15) is 12.6 Å². The van der Waals surface area contributed by atoms with Crippen LogP contribution in [0.4, 0.5) is 0 Å². The monoisotopic (exact) mass is 485 g/mol. The van der Waals surface area contributed by atoms with Crippen molar-refractivity contribution in [2.24, 2.45) is 0 Å². The number of H-pyrrole nitrogens is 1. The Kier molecular flexibility index (Phi) is 6.13. The number of hydrogen-bond donors (Lipinski definition) is 3. The summed E-state index contributed by atoms with van der Waals surface area (Å²) >= 11 is 4.06. The normalized spacial score (nSPS) is 26.9. The third kappa shape index (κ3) is 3.28. The van der Waals surface area contributed by atoms with Crippen LogP contribution in [-0.2, 0) is 4.74 Å². The molecule has 0 spiro atoms. The van der Waals surface area contributed by atoms with Crippen LogP contribution >= 0.6 is 12.6 Å². The summed E-state index contributed by atoms with van der Waals surface area (Å²) in [4.78, 5) is 25.0. The third-order valence-electron chi connectivity index (χ3n) is 2.84. The fourth-order valence-electron chi connectivity index (χ4n) is 1.85. The number of aliphatic hydroxyl groups excluding tert-OH is 1. The van der Waals surface area contributed by atoms with Gasteiger partial charge in [-0.3, -0.25) is 14.3 Å². The van der Waals surface area contributed by atoms with E-state index in [0.29, 0.717) is 17.7 Å². The second-order valence-corrected chi connectivity index (χ2v) is 4.46. The maximum absolute atomic E-state index is 11.6. The molecule has 0 bridgehead atoms. The first-order valence-corrected chi connectivity index (χ1v) is 5.92. The van der Waals surface area contributed by atoms with Crippen molar-refractivity contribution in [3.63, 3.8) is 0 Å². The fourth-order valence-corrected chi connectivity index (χ4v) is 2.18. The molecule has 3 atom stereocenters. The van der Waals surface area contributed by atoms with Gasteiger partial charge in [0.2, 0.25) is 0 Å². The van der Waals surface area contributed by atoms with Crippen LogP contribution in [0.3, 0.4) is 0 Å². The van der Waals surface area contributed by atoms with Gasteiger partial charge < -0.3 is 9.84 Å². The number of hydrogen-bond acceptors (Lipinski definition) is 5. The summed E-state index contributed by atoms with van der Waals surface area (Å²) in [5.74, 6) is 0.384. The number of thiol groups is 1. The van der Waals surface area contributed by atoms with Crippen LogP contribution in [0.15, 0.2) is 15.8 Å². The quantitative estimate of drug-likeness (QED) is 0.490. The van der Waals surface area contributed by atoms with E-state index in [0.717, 1.165) is 0 Å². The van der Waals surface area contributed by atoms with E-state index in [1.165, 1.54) is 10.8 Å². The summed E-state index contributed by atoms with van der Waals surface area (Å²) < 4.78 is 6.79. The Hall–Kier alpha value is 0.392. The number of aliphatic hydroxyl groups is 1. The second-order valence-electron chi connectivity index (χ2n) is 4.09. The number of nitrogens with zero attached hydrogens (tertiary/aromatic N) is 1. The van der Waals surface area contributed by atoms with Crippen LogP contribution < -0.4 is 11.2 Å². The number of ether oxygens (including phenoxy) is 1. The molecule has 8 heteroatoms. The number of rotatable bonds is 2. The first kappa shape index (κ1) is 16.4. The largest absolute Gasteiger partial charge is 0.390 e. The molecule has 0 saturated carbocycles. The van der Waals surface area contributed by atoms with Crippen LogP contribution in [0.25, 0.3) is 0 Å². The predicted octanol–water partition coefficient (Wildman–Crippen LogP) is -0.577. The molecule has 1 fully saturated rings. The zero-order chi connectivity index (χ0) is 12.6. The van der Waals surface area contributed by atoms with Gasteiger partial charge >= 0.3 is 5.69 Å². The maximum Gasteiger partial charge on any atom is 0.330 e. The van der Waals surface area contributed by atoms with E-state index < -0.39 is 23.6 Å². The van der Waals surface area contributed by atoms with Crippen molar-refractivity contribution in [3.8, 4) is 0 Å². The van der Waals surface area contributed by atoms with Crippen LogP contribution in [0.2, 0.25) is 0 Å². The molecule has 1 aliphatic heterocycles. The molecular weight excluding hydrogens is 471 g/mol. The molecule has 0 aromatic carbocycles. The Morgan fingerprint density at radius 3 is 2.83 bits per heavy atom. The average Bonchev–Trinajstić information content (AvgIpc) is 2.65. The van der Waals surface area contributed by atoms with E-state index in [9.17, 15) is 14.7 Å². The van der Waals surface area contributed by atoms with Crippen molar-refractivity contribution in [3.05, 3.63) is 32.6 Å². The average molecular weight is 485 g/mol. The zero-order valence-electron chi connectivity index (χ0n) is 9.87. The van der Waals surface area contributed by atoms with Gasteiger partial charge in [-0.15, -0.1) is 0 Å². The number of aryl methyl sites for hydroxylation is 1. The van der Waals surface area contributed by atoms with Crippen molar-refractivity contribution in [1.82, 2.24) is 9.55 Å². The molecule has 2 rings (SSSR count). The minimum Gasteiger partial charge on any atom is -0.390 e. The smallest absolute Gasteiger partial charge is 0.330 e. The zero-order valence-corrected chi connectivity index (χ0v) is 15.5. The van der Waals surface area contributed by atoms with Crippen LogP contribution in [-0.4, -0.2) is 32.6 Å². The summed E-state index contributed by atoms with van der Waals surface area (Å²) in [7, 11) is 0. The van der Waals surface area contributed by atoms with Gasteiger partial charge in [0.1, 0.15) is 6.23 Å². The molecule has 0 amide bonds. The first-order valence-electron chi connectivity index (χ1n) is 5.29. The molecule has 2 N–H and O–H groups in total. The predicted molar refractivity (Wildman–Crippen MR) is 64.4 cm³/mol. The Morgan fingerprint density at radius 2 is 2.28 bits per heavy atom. The number of aromatic amines is 1. The minimum atomic E-state index is -0.642. The Bertz CT molecular complexity index is 529. The molecule has 3 unspecified atom stereocenters. The van der Waals surface area contributed by atoms with Crippen LogP contribution in [0.1, 0.15) is 18.2 Å². The molecule has 18 heavy (non-hydrogen) atoms. The molecule has 2 heterocycles. The molecule has 6 nitrogen and oxygen atoms in total. The van der Waals surface area contributed by atoms with E-state index in [1.807, 2.05) is 0 Å². The standard InChI is InChI=1S/C10H14N2O4S.Ac/c1-5-3-12(10(15)11-9(5)14)8-2-6(13)7(4-17)16-8;/h3,6-8,13,17H,2,4H2,1H3,(H,11,14,15);. The molecule has 1 radical (unpaired) electrons. The van der Waals surface area contributed by atoms with Crippen molar-refractivity contribution in [1.29, 1.82) is 0 Å². The summed E-state index contributed by atoms with van der Waals surface area (Å²) in [6.07, 6.45) is 0.181. The molecule has 1 aromatic heterocycles. The van der Waals surface area contributed by atoms with Gasteiger partial charge in [-0.25, -0.2) is 4.79 Å². The summed E-state index contributed by atoms with van der Waals surface area (Å²) in [5.41, 5.74) is -0.509. The van der Waals surface area contributed by atoms with Crippen molar-refractivity contribution >= 4 is 12.6 Å². The Labute approximate surface area is 145 Å². The van der Waals surface area contributed by atoms with Gasteiger partial charge in [-0.1, -0.05) is 0 Å². The molecule has 1 saturated heterocycles. The third-order valence-corrected chi connectivity index (χ3v) is 3.20. The van der Waals surface area contributed by atoms with Gasteiger partial charge in [0.15, 0.2) is 0 Å². The van der Waals surface area contributed by atoms with Crippen molar-refractivity contribution in [2.45, 2.75) is 31.8 Å². The van der Waals surface area contributed by atoms with Gasteiger partial charge in [-0.05, 0) is 6.92 Å². The van der Waals surface area contributed by atoms with E-state index >= 15 is 0 Å². The first-order chi connectivity index (χ1) is 8.02. The Balaban J connectivity index is 0.00000162. The SMILES string of the molecule is Cc1cn(C2CC(O)C(CS)O2)c(=O)[nH]c1=O.[Ac]. The van der Waals surface area contributed by atoms with Crippen LogP contribution in [0.5, 0.6) is 0 Å². The van der Waals surface area contributed by atoms with Gasteiger partial charge in [0.05, 0.1) is 12.2 Å². The minimum absolute atomic E-state index is 0. The summed E-state index contributed by atoms with van der Waals surface area (Å²) in [5, 5.41) is 9.67. The van der Waals surface area contributed by atoms with E-state index in [2.05, 4.69) is 17.6 Å². The fraction of sp³-hybridized carbons (Fsp3) is 0.600. The molecular formula is C10H14AcN2O4S. The van der Waals surface area contributed by atoms with E-state index in [1.54, 1.807) is 6.92 Å². The second kappa shape index (κ2) is 6.71. The molecule has 97 valence electrons. The topological polar surface area (TPSA) is 84.3 Å². The maximum atomic E-state index is 11.6. The Morgan fingerprint density at radius 1 is 1.61 bits per heavy atom. The molecule has 0 aliphatic carbocycles. The van der Waals surface area contributed by atoms with Crippen molar-refractivity contribution < 1.29 is 53.9 Å². The van der Waals surface area contributed by atoms with Gasteiger partial charge in [0.25, 0.3) is 5.56 Å². The van der Waals surface area contributed by atoms with E-state index in [-0.39, 0.29) is 50.2 Å². The number of nitrogens with one attached hydrogen (secondary N) is 1. The summed E-state index contributed by atoms with van der Waals surface area (Å²) in [6.45, 7) is 1.61. The van der Waals surface area contributed by atoms with E-state index in [4.69, 9.17) is 4.74 Å². The summed E-state index contributed by atoms with van der Waals surface area (Å²) in [6, 6.07) is 0. The number of aromatic nitrogens is 2. The van der Waals surface area contributed by atoms with Crippen molar-refractivity contribution in [2.75, 3.05) is 5.75 Å². The molecule has 1 aromatic rings. The van der Waals surface area contributed by atoms with Gasteiger partial charge in [0, 0.05) is 68.0 Å². The van der Waals surface area contributed by atoms with Crippen LogP contribution in [0, 0.1) is 51.0 Å². The molecule has 1 aliphatic rings.